The first-order valence-corrected chi connectivity index (χ1v) is 5.87. The van der Waals surface area contributed by atoms with Crippen LogP contribution < -0.4 is 11.1 Å². The first-order chi connectivity index (χ1) is 7.98. The maximum absolute atomic E-state index is 10.9. The Morgan fingerprint density at radius 3 is 2.82 bits per heavy atom. The molecule has 0 atom stereocenters. The standard InChI is InChI=1S/C13H18N2O2/c1-9(16)15-11-2-3-12(17)10(8-11)4-5-13(14)6-7-13/h2-3,8,17H,4-7,14H2,1H3,(H,15,16). The molecule has 0 saturated heterocycles. The van der Waals surface area contributed by atoms with Crippen molar-refractivity contribution in [3.63, 3.8) is 0 Å². The summed E-state index contributed by atoms with van der Waals surface area (Å²) in [4.78, 5) is 10.9. The van der Waals surface area contributed by atoms with E-state index in [1.54, 1.807) is 12.1 Å². The molecule has 0 heterocycles. The molecule has 0 unspecified atom stereocenters. The molecule has 1 fully saturated rings. The molecule has 4 N–H and O–H groups in total. The van der Waals surface area contributed by atoms with Crippen LogP contribution in [0.25, 0.3) is 0 Å². The van der Waals surface area contributed by atoms with Gasteiger partial charge in [0, 0.05) is 18.2 Å². The van der Waals surface area contributed by atoms with Crippen LogP contribution in [0.5, 0.6) is 5.75 Å². The lowest BCUT2D eigenvalue weighted by atomic mass is 10.0. The Balaban J connectivity index is 2.06. The number of carbonyl (C=O) groups is 1. The van der Waals surface area contributed by atoms with E-state index in [0.29, 0.717) is 5.69 Å². The molecule has 4 heteroatoms. The highest BCUT2D eigenvalue weighted by molar-refractivity contribution is 5.88. The number of phenolic OH excluding ortho intramolecular Hbond substituents is 1. The lowest BCUT2D eigenvalue weighted by Crippen LogP contribution is -2.22. The SMILES string of the molecule is CC(=O)Nc1ccc(O)c(CCC2(N)CC2)c1. The lowest BCUT2D eigenvalue weighted by molar-refractivity contribution is -0.114. The molecule has 92 valence electrons. The highest BCUT2D eigenvalue weighted by Gasteiger charge is 2.37. The van der Waals surface area contributed by atoms with Gasteiger partial charge in [0.1, 0.15) is 5.75 Å². The van der Waals surface area contributed by atoms with E-state index in [1.165, 1.54) is 6.92 Å². The lowest BCUT2D eigenvalue weighted by Gasteiger charge is -2.11. The van der Waals surface area contributed by atoms with Crippen LogP contribution in [0, 0.1) is 0 Å². The van der Waals surface area contributed by atoms with Gasteiger partial charge in [-0.05, 0) is 49.4 Å². The fraction of sp³-hybridized carbons (Fsp3) is 0.462. The molecule has 1 amide bonds. The molecule has 2 rings (SSSR count). The molecular formula is C13H18N2O2. The molecule has 0 bridgehead atoms. The number of hydrogen-bond acceptors (Lipinski definition) is 3. The molecule has 1 aromatic carbocycles. The molecule has 0 aromatic heterocycles. The topological polar surface area (TPSA) is 75.3 Å². The fourth-order valence-electron chi connectivity index (χ4n) is 1.86. The summed E-state index contributed by atoms with van der Waals surface area (Å²) in [7, 11) is 0. The van der Waals surface area contributed by atoms with E-state index in [4.69, 9.17) is 5.73 Å². The maximum atomic E-state index is 10.9. The molecule has 17 heavy (non-hydrogen) atoms. The van der Waals surface area contributed by atoms with Crippen molar-refractivity contribution in [1.82, 2.24) is 0 Å². The fourth-order valence-corrected chi connectivity index (χ4v) is 1.86. The minimum Gasteiger partial charge on any atom is -0.508 e. The molecule has 1 aliphatic rings. The molecular weight excluding hydrogens is 216 g/mol. The van der Waals surface area contributed by atoms with Crippen molar-refractivity contribution in [1.29, 1.82) is 0 Å². The van der Waals surface area contributed by atoms with Gasteiger partial charge in [-0.2, -0.15) is 0 Å². The van der Waals surface area contributed by atoms with Gasteiger partial charge in [0.15, 0.2) is 0 Å². The van der Waals surface area contributed by atoms with Crippen molar-refractivity contribution in [2.45, 2.75) is 38.1 Å². The Hall–Kier alpha value is -1.55. The largest absolute Gasteiger partial charge is 0.508 e. The monoisotopic (exact) mass is 234 g/mol. The van der Waals surface area contributed by atoms with Gasteiger partial charge in [-0.25, -0.2) is 0 Å². The molecule has 1 aliphatic carbocycles. The summed E-state index contributed by atoms with van der Waals surface area (Å²) in [6.07, 6.45) is 3.76. The van der Waals surface area contributed by atoms with Gasteiger partial charge in [0.25, 0.3) is 0 Å². The molecule has 0 aliphatic heterocycles. The Bertz CT molecular complexity index is 439. The van der Waals surface area contributed by atoms with Gasteiger partial charge >= 0.3 is 0 Å². The average molecular weight is 234 g/mol. The number of rotatable bonds is 4. The molecule has 1 saturated carbocycles. The van der Waals surface area contributed by atoms with Gasteiger partial charge in [-0.15, -0.1) is 0 Å². The quantitative estimate of drug-likeness (QED) is 0.695. The summed E-state index contributed by atoms with van der Waals surface area (Å²) in [5.74, 6) is 0.155. The van der Waals surface area contributed by atoms with E-state index in [-0.39, 0.29) is 17.2 Å². The van der Waals surface area contributed by atoms with E-state index < -0.39 is 0 Å². The number of nitrogens with two attached hydrogens (primary N) is 1. The minimum absolute atomic E-state index is 0.0174. The summed E-state index contributed by atoms with van der Waals surface area (Å²) >= 11 is 0. The number of anilines is 1. The maximum Gasteiger partial charge on any atom is 0.221 e. The molecule has 4 nitrogen and oxygen atoms in total. The first-order valence-electron chi connectivity index (χ1n) is 5.87. The van der Waals surface area contributed by atoms with E-state index in [2.05, 4.69) is 5.32 Å². The number of amides is 1. The first kappa shape index (κ1) is 11.9. The van der Waals surface area contributed by atoms with Crippen LogP contribution in [0.1, 0.15) is 31.7 Å². The third-order valence-corrected chi connectivity index (χ3v) is 3.18. The highest BCUT2D eigenvalue weighted by atomic mass is 16.3. The smallest absolute Gasteiger partial charge is 0.221 e. The number of carbonyl (C=O) groups excluding carboxylic acids is 1. The summed E-state index contributed by atoms with van der Waals surface area (Å²) in [5, 5.41) is 12.4. The Labute approximate surface area is 101 Å². The minimum atomic E-state index is -0.112. The van der Waals surface area contributed by atoms with Crippen LogP contribution >= 0.6 is 0 Å². The van der Waals surface area contributed by atoms with Crippen LogP contribution in [0.3, 0.4) is 0 Å². The van der Waals surface area contributed by atoms with E-state index in [0.717, 1.165) is 31.2 Å². The highest BCUT2D eigenvalue weighted by Crippen LogP contribution is 2.37. The van der Waals surface area contributed by atoms with Gasteiger partial charge in [-0.3, -0.25) is 4.79 Å². The van der Waals surface area contributed by atoms with Crippen LogP contribution in [-0.2, 0) is 11.2 Å². The van der Waals surface area contributed by atoms with Gasteiger partial charge in [-0.1, -0.05) is 0 Å². The van der Waals surface area contributed by atoms with Gasteiger partial charge < -0.3 is 16.2 Å². The Morgan fingerprint density at radius 1 is 1.53 bits per heavy atom. The van der Waals surface area contributed by atoms with Gasteiger partial charge in [0.05, 0.1) is 0 Å². The average Bonchev–Trinajstić information content (AvgIpc) is 2.97. The van der Waals surface area contributed by atoms with Crippen LogP contribution in [-0.4, -0.2) is 16.6 Å². The van der Waals surface area contributed by atoms with Crippen molar-refractivity contribution < 1.29 is 9.90 Å². The predicted octanol–water partition coefficient (Wildman–Crippen LogP) is 1.77. The van der Waals surface area contributed by atoms with Crippen molar-refractivity contribution in [3.05, 3.63) is 23.8 Å². The van der Waals surface area contributed by atoms with E-state index in [1.807, 2.05) is 6.07 Å². The van der Waals surface area contributed by atoms with Crippen LogP contribution in [0.15, 0.2) is 18.2 Å². The van der Waals surface area contributed by atoms with Gasteiger partial charge in [0.2, 0.25) is 5.91 Å². The molecule has 1 aromatic rings. The van der Waals surface area contributed by atoms with Crippen molar-refractivity contribution in [2.24, 2.45) is 5.73 Å². The summed E-state index contributed by atoms with van der Waals surface area (Å²) < 4.78 is 0. The number of benzene rings is 1. The number of aromatic hydroxyl groups is 1. The zero-order chi connectivity index (χ0) is 12.5. The Morgan fingerprint density at radius 2 is 2.24 bits per heavy atom. The summed E-state index contributed by atoms with van der Waals surface area (Å²) in [6, 6.07) is 5.11. The third kappa shape index (κ3) is 3.20. The van der Waals surface area contributed by atoms with Crippen LogP contribution in [0.2, 0.25) is 0 Å². The second-order valence-electron chi connectivity index (χ2n) is 4.89. The zero-order valence-electron chi connectivity index (χ0n) is 9.99. The third-order valence-electron chi connectivity index (χ3n) is 3.18. The number of nitrogens with one attached hydrogen (secondary N) is 1. The van der Waals surface area contributed by atoms with Crippen molar-refractivity contribution in [3.8, 4) is 5.75 Å². The predicted molar refractivity (Wildman–Crippen MR) is 66.9 cm³/mol. The number of aryl methyl sites for hydroxylation is 1. The second kappa shape index (κ2) is 4.37. The molecule has 0 spiro atoms. The van der Waals surface area contributed by atoms with E-state index in [9.17, 15) is 9.90 Å². The number of phenols is 1. The molecule has 0 radical (unpaired) electrons. The van der Waals surface area contributed by atoms with Crippen molar-refractivity contribution >= 4 is 11.6 Å². The summed E-state index contributed by atoms with van der Waals surface area (Å²) in [5.41, 5.74) is 7.55. The normalized spacial score (nSPS) is 16.6. The zero-order valence-corrected chi connectivity index (χ0v) is 9.99. The second-order valence-corrected chi connectivity index (χ2v) is 4.89. The Kier molecular flexibility index (Phi) is 3.07. The van der Waals surface area contributed by atoms with Crippen LogP contribution in [0.4, 0.5) is 5.69 Å². The van der Waals surface area contributed by atoms with Crippen molar-refractivity contribution in [2.75, 3.05) is 5.32 Å². The summed E-state index contributed by atoms with van der Waals surface area (Å²) in [6.45, 7) is 1.46. The number of hydrogen-bond donors (Lipinski definition) is 3. The van der Waals surface area contributed by atoms with E-state index >= 15 is 0 Å².